The third-order valence-corrected chi connectivity index (χ3v) is 8.37. The Labute approximate surface area is 233 Å². The van der Waals surface area contributed by atoms with Gasteiger partial charge in [0, 0.05) is 36.9 Å². The number of hydrogen-bond acceptors (Lipinski definition) is 9. The van der Waals surface area contributed by atoms with Gasteiger partial charge in [0.05, 0.1) is 41.0 Å². The van der Waals surface area contributed by atoms with Crippen LogP contribution in [0.3, 0.4) is 0 Å². The first-order valence-corrected chi connectivity index (χ1v) is 13.9. The molecule has 3 unspecified atom stereocenters. The molecule has 0 saturated carbocycles. The molecule has 2 saturated heterocycles. The fraction of sp³-hybridized carbons (Fsp3) is 0.414. The molecule has 4 aromatic rings. The first-order valence-electron chi connectivity index (χ1n) is 13.9. The monoisotopic (exact) mass is 540 g/mol. The smallest absolute Gasteiger partial charge is 0.276 e. The zero-order valence-corrected chi connectivity index (χ0v) is 22.9. The number of pyridine rings is 2. The van der Waals surface area contributed by atoms with Crippen LogP contribution in [0.15, 0.2) is 55.1 Å². The first kappa shape index (κ1) is 26.1. The Morgan fingerprint density at radius 1 is 1.10 bits per heavy atom. The van der Waals surface area contributed by atoms with Crippen molar-refractivity contribution in [3.05, 3.63) is 66.4 Å². The molecule has 3 aromatic heterocycles. The predicted octanol–water partition coefficient (Wildman–Crippen LogP) is 2.89. The van der Waals surface area contributed by atoms with Crippen LogP contribution in [0.5, 0.6) is 0 Å². The van der Waals surface area contributed by atoms with Gasteiger partial charge in [0.2, 0.25) is 0 Å². The van der Waals surface area contributed by atoms with E-state index in [1.807, 2.05) is 23.0 Å². The number of anilines is 3. The maximum Gasteiger partial charge on any atom is 0.276 e. The summed E-state index contributed by atoms with van der Waals surface area (Å²) < 4.78 is 1.84. The van der Waals surface area contributed by atoms with Crippen molar-refractivity contribution in [3.63, 3.8) is 0 Å². The molecule has 6 rings (SSSR count). The lowest BCUT2D eigenvalue weighted by Gasteiger charge is -2.42. The van der Waals surface area contributed by atoms with E-state index >= 15 is 0 Å². The number of nitrogens with one attached hydrogen (secondary N) is 1. The van der Waals surface area contributed by atoms with Gasteiger partial charge in [-0.05, 0) is 68.6 Å². The van der Waals surface area contributed by atoms with Gasteiger partial charge in [-0.2, -0.15) is 0 Å². The molecule has 0 aliphatic carbocycles. The molecule has 0 bridgehead atoms. The number of amides is 1. The molecular formula is C29H36N10O. The van der Waals surface area contributed by atoms with E-state index in [0.29, 0.717) is 23.8 Å². The number of nitrogens with two attached hydrogens (primary N) is 2. The van der Waals surface area contributed by atoms with Crippen molar-refractivity contribution in [2.75, 3.05) is 49.2 Å². The van der Waals surface area contributed by atoms with Gasteiger partial charge < -0.3 is 26.6 Å². The second kappa shape index (κ2) is 10.8. The van der Waals surface area contributed by atoms with Crippen LogP contribution in [0.2, 0.25) is 0 Å². The van der Waals surface area contributed by atoms with Crippen molar-refractivity contribution < 1.29 is 4.79 Å². The number of aromatic nitrogens is 5. The minimum atomic E-state index is -0.367. The molecular weight excluding hydrogens is 504 g/mol. The van der Waals surface area contributed by atoms with Gasteiger partial charge in [-0.15, -0.1) is 5.10 Å². The number of nitrogens with zero attached hydrogens (tertiary/aromatic N) is 7. The highest BCUT2D eigenvalue weighted by atomic mass is 16.1. The third-order valence-electron chi connectivity index (χ3n) is 8.37. The van der Waals surface area contributed by atoms with Gasteiger partial charge in [-0.3, -0.25) is 9.78 Å². The van der Waals surface area contributed by atoms with Crippen LogP contribution in [-0.4, -0.2) is 75.0 Å². The second-order valence-electron chi connectivity index (χ2n) is 11.2. The van der Waals surface area contributed by atoms with Gasteiger partial charge >= 0.3 is 0 Å². The Bertz CT molecular complexity index is 1490. The molecule has 2 aliphatic heterocycles. The quantitative estimate of drug-likeness (QED) is 0.348. The minimum Gasteiger partial charge on any atom is -0.397 e. The van der Waals surface area contributed by atoms with E-state index < -0.39 is 0 Å². The van der Waals surface area contributed by atoms with Crippen LogP contribution < -0.4 is 21.7 Å². The average molecular weight is 541 g/mol. The van der Waals surface area contributed by atoms with Gasteiger partial charge in [0.25, 0.3) is 5.91 Å². The maximum absolute atomic E-state index is 13.5. The Balaban J connectivity index is 1.23. The zero-order chi connectivity index (χ0) is 27.8. The van der Waals surface area contributed by atoms with Crippen LogP contribution in [0.25, 0.3) is 10.9 Å². The molecule has 5 heterocycles. The normalized spacial score (nSPS) is 22.5. The lowest BCUT2D eigenvalue weighted by molar-refractivity contribution is 0.102. The van der Waals surface area contributed by atoms with Crippen LogP contribution in [0.1, 0.15) is 47.8 Å². The Morgan fingerprint density at radius 2 is 1.93 bits per heavy atom. The first-order chi connectivity index (χ1) is 19.4. The van der Waals surface area contributed by atoms with E-state index in [4.69, 9.17) is 16.5 Å². The highest BCUT2D eigenvalue weighted by Crippen LogP contribution is 2.34. The number of piperidine rings is 2. The summed E-state index contributed by atoms with van der Waals surface area (Å²) in [5.41, 5.74) is 17.0. The second-order valence-corrected chi connectivity index (χ2v) is 11.2. The molecule has 11 heteroatoms. The van der Waals surface area contributed by atoms with Crippen LogP contribution in [0.4, 0.5) is 17.1 Å². The fourth-order valence-electron chi connectivity index (χ4n) is 6.26. The molecule has 1 amide bonds. The van der Waals surface area contributed by atoms with Gasteiger partial charge in [-0.25, -0.2) is 9.67 Å². The molecule has 2 fully saturated rings. The predicted molar refractivity (Wildman–Crippen MR) is 156 cm³/mol. The van der Waals surface area contributed by atoms with Gasteiger partial charge in [0.15, 0.2) is 5.69 Å². The SMILES string of the molecule is CC1CN(c2ccncc2NC(=O)c2nc3cc(C4CCN(C)CC4)ccc3cc2N)CC(N)C1n1ccnn1. The van der Waals surface area contributed by atoms with Gasteiger partial charge in [-0.1, -0.05) is 24.3 Å². The molecule has 3 atom stereocenters. The lowest BCUT2D eigenvalue weighted by atomic mass is 9.89. The Kier molecular flexibility index (Phi) is 7.07. The summed E-state index contributed by atoms with van der Waals surface area (Å²) >= 11 is 0. The molecule has 0 radical (unpaired) electrons. The minimum absolute atomic E-state index is 0.0413. The van der Waals surface area contributed by atoms with E-state index in [-0.39, 0.29) is 29.6 Å². The number of hydrogen-bond donors (Lipinski definition) is 3. The average Bonchev–Trinajstić information content (AvgIpc) is 3.47. The summed E-state index contributed by atoms with van der Waals surface area (Å²) in [4.78, 5) is 27.1. The highest BCUT2D eigenvalue weighted by molar-refractivity contribution is 6.09. The van der Waals surface area contributed by atoms with Crippen molar-refractivity contribution in [1.82, 2.24) is 29.9 Å². The maximum atomic E-state index is 13.5. The largest absolute Gasteiger partial charge is 0.397 e. The van der Waals surface area contributed by atoms with E-state index in [1.54, 1.807) is 18.6 Å². The van der Waals surface area contributed by atoms with Crippen LogP contribution in [-0.2, 0) is 0 Å². The summed E-state index contributed by atoms with van der Waals surface area (Å²) in [7, 11) is 2.16. The molecule has 1 aromatic carbocycles. The summed E-state index contributed by atoms with van der Waals surface area (Å²) in [6.45, 7) is 5.65. The highest BCUT2D eigenvalue weighted by Gasteiger charge is 2.35. The Hall–Kier alpha value is -4.09. The summed E-state index contributed by atoms with van der Waals surface area (Å²) in [6.07, 6.45) is 9.13. The third kappa shape index (κ3) is 5.09. The van der Waals surface area contributed by atoms with Crippen LogP contribution in [0, 0.1) is 5.92 Å². The number of fused-ring (bicyclic) bond motifs is 1. The van der Waals surface area contributed by atoms with Crippen molar-refractivity contribution in [2.24, 2.45) is 11.7 Å². The number of carbonyl (C=O) groups is 1. The van der Waals surface area contributed by atoms with E-state index in [2.05, 4.69) is 62.6 Å². The number of benzene rings is 1. The van der Waals surface area contributed by atoms with Crippen molar-refractivity contribution >= 4 is 33.9 Å². The number of likely N-dealkylation sites (tertiary alicyclic amines) is 1. The molecule has 11 nitrogen and oxygen atoms in total. The van der Waals surface area contributed by atoms with Crippen molar-refractivity contribution in [3.8, 4) is 0 Å². The summed E-state index contributed by atoms with van der Waals surface area (Å²) in [5.74, 6) is 0.338. The summed E-state index contributed by atoms with van der Waals surface area (Å²) in [5, 5.41) is 12.1. The van der Waals surface area contributed by atoms with E-state index in [1.165, 1.54) is 5.56 Å². The summed E-state index contributed by atoms with van der Waals surface area (Å²) in [6, 6.07) is 9.93. The molecule has 208 valence electrons. The lowest BCUT2D eigenvalue weighted by Crippen LogP contribution is -2.53. The van der Waals surface area contributed by atoms with E-state index in [0.717, 1.165) is 49.1 Å². The molecule has 5 N–H and O–H groups in total. The standard InChI is InChI=1S/C29H36N10O/c1-18-16-38(17-23(31)28(18)39-12-9-33-36-39)26-5-8-32-15-25(26)35-29(40)27-22(30)13-21-4-3-20(14-24(21)34-27)19-6-10-37(2)11-7-19/h3-5,8-9,12-15,18-19,23,28H,6-7,10-11,16-17,30-31H2,1-2H3,(H,35,40). The van der Waals surface area contributed by atoms with Gasteiger partial charge in [0.1, 0.15) is 0 Å². The number of nitrogen functional groups attached to an aromatic ring is 1. The molecule has 40 heavy (non-hydrogen) atoms. The van der Waals surface area contributed by atoms with Crippen molar-refractivity contribution in [1.29, 1.82) is 0 Å². The zero-order valence-electron chi connectivity index (χ0n) is 22.9. The Morgan fingerprint density at radius 3 is 2.67 bits per heavy atom. The molecule has 0 spiro atoms. The fourth-order valence-corrected chi connectivity index (χ4v) is 6.26. The molecule has 2 aliphatic rings. The van der Waals surface area contributed by atoms with Crippen LogP contribution >= 0.6 is 0 Å². The number of rotatable bonds is 5. The van der Waals surface area contributed by atoms with E-state index in [9.17, 15) is 4.79 Å². The topological polar surface area (TPSA) is 144 Å². The number of carbonyl (C=O) groups excluding carboxylic acids is 1. The van der Waals surface area contributed by atoms with Crippen molar-refractivity contribution in [2.45, 2.75) is 37.8 Å².